The maximum absolute atomic E-state index is 3.73. The predicted octanol–water partition coefficient (Wildman–Crippen LogP) is -1.22. The van der Waals surface area contributed by atoms with Crippen LogP contribution >= 0.6 is 0 Å². The summed E-state index contributed by atoms with van der Waals surface area (Å²) in [5.41, 5.74) is 0.995. The van der Waals surface area contributed by atoms with E-state index in [2.05, 4.69) is 12.8 Å². The molecule has 0 saturated heterocycles. The molecular weight excluding hydrogens is 137 g/mol. The molecule has 9 heavy (non-hydrogen) atoms. The Balaban J connectivity index is 0.000000640. The number of hydrogen-bond acceptors (Lipinski definition) is 0. The molecule has 1 rings (SSSR count). The first kappa shape index (κ1) is 9.66. The molecule has 0 N–H and O–H groups in total. The maximum Gasteiger partial charge on any atom is 1.00 e. The summed E-state index contributed by atoms with van der Waals surface area (Å²) in [6.07, 6.45) is 4.87. The second-order valence-electron chi connectivity index (χ2n) is 1.74. The smallest absolute Gasteiger partial charge is 0.454 e. The molecule has 0 spiro atoms. The van der Waals surface area contributed by atoms with Gasteiger partial charge in [0.05, 0.1) is 0 Å². The van der Waals surface area contributed by atoms with Crippen molar-refractivity contribution in [2.24, 2.45) is 0 Å². The zero-order valence-electron chi connectivity index (χ0n) is 5.89. The summed E-state index contributed by atoms with van der Waals surface area (Å²) in [7, 11) is 0. The largest absolute Gasteiger partial charge is 1.00 e. The van der Waals surface area contributed by atoms with Gasteiger partial charge in [-0.2, -0.15) is 6.07 Å². The first-order chi connectivity index (χ1) is 3.80. The van der Waals surface area contributed by atoms with E-state index < -0.39 is 0 Å². The molecule has 1 heterocycles. The van der Waals surface area contributed by atoms with E-state index in [1.807, 2.05) is 29.8 Å². The molecule has 0 aliphatic carbocycles. The van der Waals surface area contributed by atoms with Gasteiger partial charge in [-0.15, -0.1) is 18.8 Å². The van der Waals surface area contributed by atoms with Gasteiger partial charge in [-0.3, -0.25) is 0 Å². The van der Waals surface area contributed by atoms with Crippen LogP contribution in [0.25, 0.3) is 5.70 Å². The summed E-state index contributed by atoms with van der Waals surface area (Å²) in [5.74, 6) is 0. The van der Waals surface area contributed by atoms with Crippen LogP contribution in [0.15, 0.2) is 24.9 Å². The fraction of sp³-hybridized carbons (Fsp3) is 0.143. The first-order valence-corrected chi connectivity index (χ1v) is 2.51. The van der Waals surface area contributed by atoms with Crippen LogP contribution in [0.4, 0.5) is 0 Å². The molecule has 0 aliphatic heterocycles. The summed E-state index contributed by atoms with van der Waals surface area (Å²) >= 11 is 0. The van der Waals surface area contributed by atoms with Crippen LogP contribution in [0, 0.1) is 6.20 Å². The summed E-state index contributed by atoms with van der Waals surface area (Å²) in [4.78, 5) is 0. The topological polar surface area (TPSA) is 4.93 Å². The molecule has 0 bridgehead atoms. The van der Waals surface area contributed by atoms with Crippen molar-refractivity contribution in [2.45, 2.75) is 6.92 Å². The van der Waals surface area contributed by atoms with E-state index in [0.717, 1.165) is 5.70 Å². The third kappa shape index (κ3) is 2.82. The van der Waals surface area contributed by atoms with Crippen molar-refractivity contribution >= 4 is 5.70 Å². The fourth-order valence-corrected chi connectivity index (χ4v) is 0.533. The Kier molecular flexibility index (Phi) is 4.79. The SMILES string of the molecule is C=C(C)n1[c-]ccc1.[K+]. The molecule has 0 aliphatic rings. The van der Waals surface area contributed by atoms with Gasteiger partial charge in [-0.05, 0) is 0 Å². The van der Waals surface area contributed by atoms with Gasteiger partial charge in [-0.25, -0.2) is 0 Å². The normalized spacial score (nSPS) is 8.11. The van der Waals surface area contributed by atoms with Gasteiger partial charge in [0.1, 0.15) is 0 Å². The van der Waals surface area contributed by atoms with E-state index >= 15 is 0 Å². The van der Waals surface area contributed by atoms with Crippen LogP contribution in [0.2, 0.25) is 0 Å². The molecule has 0 radical (unpaired) electrons. The summed E-state index contributed by atoms with van der Waals surface area (Å²) < 4.78 is 1.85. The fourth-order valence-electron chi connectivity index (χ4n) is 0.533. The summed E-state index contributed by atoms with van der Waals surface area (Å²) in [5, 5.41) is 0. The Labute approximate surface area is 98.2 Å². The summed E-state index contributed by atoms with van der Waals surface area (Å²) in [6, 6.07) is 3.78. The van der Waals surface area contributed by atoms with Crippen molar-refractivity contribution in [1.82, 2.24) is 4.57 Å². The number of rotatable bonds is 1. The predicted molar refractivity (Wildman–Crippen MR) is 34.3 cm³/mol. The minimum absolute atomic E-state index is 0. The van der Waals surface area contributed by atoms with Crippen molar-refractivity contribution in [3.8, 4) is 0 Å². The van der Waals surface area contributed by atoms with E-state index in [0.29, 0.717) is 0 Å². The maximum atomic E-state index is 3.73. The molecule has 0 aromatic carbocycles. The second-order valence-corrected chi connectivity index (χ2v) is 1.74. The number of aromatic nitrogens is 1. The molecule has 1 aromatic heterocycles. The van der Waals surface area contributed by atoms with E-state index in [1.165, 1.54) is 0 Å². The quantitative estimate of drug-likeness (QED) is 0.345. The Morgan fingerprint density at radius 2 is 2.33 bits per heavy atom. The van der Waals surface area contributed by atoms with Crippen molar-refractivity contribution < 1.29 is 51.4 Å². The molecule has 2 heteroatoms. The molecule has 0 saturated carbocycles. The zero-order chi connectivity index (χ0) is 5.98. The Morgan fingerprint density at radius 3 is 2.56 bits per heavy atom. The van der Waals surface area contributed by atoms with E-state index in [1.54, 1.807) is 0 Å². The van der Waals surface area contributed by atoms with Crippen molar-refractivity contribution in [2.75, 3.05) is 0 Å². The summed E-state index contributed by atoms with van der Waals surface area (Å²) in [6.45, 7) is 5.67. The first-order valence-electron chi connectivity index (χ1n) is 2.51. The minimum atomic E-state index is 0. The molecular formula is C7H8KN. The Bertz CT molecular complexity index is 177. The number of nitrogens with zero attached hydrogens (tertiary/aromatic N) is 1. The Hall–Kier alpha value is 0.656. The average molecular weight is 145 g/mol. The molecule has 0 atom stereocenters. The van der Waals surface area contributed by atoms with Crippen LogP contribution in [0.5, 0.6) is 0 Å². The Morgan fingerprint density at radius 1 is 1.67 bits per heavy atom. The van der Waals surface area contributed by atoms with E-state index in [-0.39, 0.29) is 51.4 Å². The average Bonchev–Trinajstić information content (AvgIpc) is 2.12. The molecule has 0 unspecified atom stereocenters. The molecule has 0 fully saturated rings. The standard InChI is InChI=1S/C7H8N.K/c1-7(2)8-5-3-4-6-8;/h3-5H,1H2,2H3;/q-1;+1. The molecule has 42 valence electrons. The number of hydrogen-bond donors (Lipinski definition) is 0. The van der Waals surface area contributed by atoms with Crippen LogP contribution in [0.1, 0.15) is 6.92 Å². The molecule has 0 amide bonds. The second kappa shape index (κ2) is 4.47. The van der Waals surface area contributed by atoms with Gasteiger partial charge < -0.3 is 4.57 Å². The molecule has 1 nitrogen and oxygen atoms in total. The van der Waals surface area contributed by atoms with Crippen LogP contribution < -0.4 is 51.4 Å². The van der Waals surface area contributed by atoms with Gasteiger partial charge in [0.15, 0.2) is 0 Å². The van der Waals surface area contributed by atoms with Gasteiger partial charge >= 0.3 is 51.4 Å². The third-order valence-electron chi connectivity index (χ3n) is 0.956. The van der Waals surface area contributed by atoms with E-state index in [4.69, 9.17) is 0 Å². The molecule has 1 aromatic rings. The van der Waals surface area contributed by atoms with Crippen LogP contribution in [0.3, 0.4) is 0 Å². The van der Waals surface area contributed by atoms with Gasteiger partial charge in [-0.1, -0.05) is 18.8 Å². The zero-order valence-corrected chi connectivity index (χ0v) is 9.01. The van der Waals surface area contributed by atoms with Crippen molar-refractivity contribution in [3.05, 3.63) is 31.1 Å². The minimum Gasteiger partial charge on any atom is -0.454 e. The monoisotopic (exact) mass is 145 g/mol. The third-order valence-corrected chi connectivity index (χ3v) is 0.956. The van der Waals surface area contributed by atoms with Crippen molar-refractivity contribution in [1.29, 1.82) is 0 Å². The van der Waals surface area contributed by atoms with Crippen LogP contribution in [-0.2, 0) is 0 Å². The van der Waals surface area contributed by atoms with E-state index in [9.17, 15) is 0 Å². The van der Waals surface area contributed by atoms with Gasteiger partial charge in [0.25, 0.3) is 0 Å². The number of allylic oxidation sites excluding steroid dienone is 1. The van der Waals surface area contributed by atoms with Crippen LogP contribution in [-0.4, -0.2) is 4.57 Å². The van der Waals surface area contributed by atoms with Crippen molar-refractivity contribution in [3.63, 3.8) is 0 Å². The van der Waals surface area contributed by atoms with Gasteiger partial charge in [0.2, 0.25) is 0 Å². The van der Waals surface area contributed by atoms with Gasteiger partial charge in [0, 0.05) is 0 Å².